The van der Waals surface area contributed by atoms with E-state index in [1.54, 1.807) is 20.3 Å². The van der Waals surface area contributed by atoms with Crippen LogP contribution in [0.15, 0.2) is 11.4 Å². The molecule has 17 heavy (non-hydrogen) atoms. The van der Waals surface area contributed by atoms with Crippen LogP contribution in [0.1, 0.15) is 9.67 Å². The Labute approximate surface area is 104 Å². The summed E-state index contributed by atoms with van der Waals surface area (Å²) in [7, 11) is 3.22. The van der Waals surface area contributed by atoms with Crippen LogP contribution in [0.2, 0.25) is 0 Å². The van der Waals surface area contributed by atoms with Crippen LogP contribution in [0.5, 0.6) is 5.75 Å². The van der Waals surface area contributed by atoms with Crippen LogP contribution in [0, 0.1) is 0 Å². The number of methoxy groups -OCH3 is 2. The number of carbonyl (C=O) groups is 1. The highest BCUT2D eigenvalue weighted by molar-refractivity contribution is 7.12. The summed E-state index contributed by atoms with van der Waals surface area (Å²) in [4.78, 5) is 12.6. The molecule has 2 heterocycles. The zero-order chi connectivity index (χ0) is 12.3. The number of ether oxygens (including phenoxy) is 2. The highest BCUT2D eigenvalue weighted by Gasteiger charge is 2.29. The molecule has 0 radical (unpaired) electrons. The first-order valence-electron chi connectivity index (χ1n) is 5.42. The summed E-state index contributed by atoms with van der Waals surface area (Å²) >= 11 is 1.38. The molecule has 6 heteroatoms. The van der Waals surface area contributed by atoms with Gasteiger partial charge in [0.1, 0.15) is 10.6 Å². The van der Waals surface area contributed by atoms with Gasteiger partial charge in [0.25, 0.3) is 5.91 Å². The maximum Gasteiger partial charge on any atom is 0.265 e. The van der Waals surface area contributed by atoms with Crippen LogP contribution in [-0.4, -0.2) is 45.4 Å². The molecule has 1 fully saturated rings. The van der Waals surface area contributed by atoms with Crippen LogP contribution in [0.25, 0.3) is 0 Å². The number of hydrogen-bond acceptors (Lipinski definition) is 5. The molecule has 2 atom stereocenters. The van der Waals surface area contributed by atoms with Gasteiger partial charge >= 0.3 is 0 Å². The van der Waals surface area contributed by atoms with E-state index in [4.69, 9.17) is 9.47 Å². The van der Waals surface area contributed by atoms with E-state index in [0.717, 1.165) is 13.1 Å². The van der Waals surface area contributed by atoms with E-state index in [9.17, 15) is 4.79 Å². The standard InChI is InChI=1S/C11H16N2O3S/c1-15-8-3-4-17-10(8)11(14)13-7-5-12-6-9(7)16-2/h3-4,7,9,12H,5-6H2,1-2H3,(H,13,14)/t7?,9-/m0/s1. The van der Waals surface area contributed by atoms with Crippen molar-refractivity contribution < 1.29 is 14.3 Å². The summed E-state index contributed by atoms with van der Waals surface area (Å²) in [6.07, 6.45) is 0.0323. The Kier molecular flexibility index (Phi) is 3.98. The molecule has 0 aliphatic carbocycles. The first-order valence-corrected chi connectivity index (χ1v) is 6.30. The predicted molar refractivity (Wildman–Crippen MR) is 65.8 cm³/mol. The summed E-state index contributed by atoms with van der Waals surface area (Å²) in [6.45, 7) is 1.50. The Hall–Kier alpha value is -1.11. The summed E-state index contributed by atoms with van der Waals surface area (Å²) in [5, 5.41) is 7.99. The fourth-order valence-electron chi connectivity index (χ4n) is 1.90. The Bertz CT molecular complexity index is 394. The largest absolute Gasteiger partial charge is 0.495 e. The minimum absolute atomic E-state index is 0.0132. The van der Waals surface area contributed by atoms with Crippen molar-refractivity contribution in [2.75, 3.05) is 27.3 Å². The molecule has 0 saturated carbocycles. The molecule has 1 aliphatic rings. The number of carbonyl (C=O) groups excluding carboxylic acids is 1. The van der Waals surface area contributed by atoms with Gasteiger partial charge < -0.3 is 20.1 Å². The molecule has 1 aliphatic heterocycles. The van der Waals surface area contributed by atoms with Crippen LogP contribution in [0.4, 0.5) is 0 Å². The molecule has 5 nitrogen and oxygen atoms in total. The molecule has 1 aromatic heterocycles. The molecule has 0 bridgehead atoms. The van der Waals surface area contributed by atoms with Gasteiger partial charge in [-0.2, -0.15) is 0 Å². The molecule has 2 rings (SSSR count). The van der Waals surface area contributed by atoms with Gasteiger partial charge in [-0.3, -0.25) is 4.79 Å². The zero-order valence-corrected chi connectivity index (χ0v) is 10.7. The second-order valence-electron chi connectivity index (χ2n) is 3.83. The SMILES string of the molecule is COc1ccsc1C(=O)NC1CNC[C@@H]1OC. The van der Waals surface area contributed by atoms with Crippen molar-refractivity contribution in [2.45, 2.75) is 12.1 Å². The summed E-state index contributed by atoms with van der Waals surface area (Å²) < 4.78 is 10.4. The Morgan fingerprint density at radius 2 is 2.35 bits per heavy atom. The predicted octanol–water partition coefficient (Wildman–Crippen LogP) is 0.473. The second-order valence-corrected chi connectivity index (χ2v) is 4.75. The Morgan fingerprint density at radius 1 is 1.53 bits per heavy atom. The van der Waals surface area contributed by atoms with Gasteiger partial charge in [0.15, 0.2) is 0 Å². The lowest BCUT2D eigenvalue weighted by molar-refractivity contribution is 0.0781. The number of hydrogen-bond donors (Lipinski definition) is 2. The number of nitrogens with one attached hydrogen (secondary N) is 2. The van der Waals surface area contributed by atoms with Gasteiger partial charge in [-0.1, -0.05) is 0 Å². The van der Waals surface area contributed by atoms with Crippen molar-refractivity contribution in [3.05, 3.63) is 16.3 Å². The maximum atomic E-state index is 12.0. The summed E-state index contributed by atoms with van der Waals surface area (Å²) in [5.41, 5.74) is 0. The third kappa shape index (κ3) is 2.59. The summed E-state index contributed by atoms with van der Waals surface area (Å²) in [5.74, 6) is 0.514. The highest BCUT2D eigenvalue weighted by Crippen LogP contribution is 2.24. The first kappa shape index (κ1) is 12.3. The monoisotopic (exact) mass is 256 g/mol. The van der Waals surface area contributed by atoms with Crippen LogP contribution >= 0.6 is 11.3 Å². The van der Waals surface area contributed by atoms with Crippen molar-refractivity contribution in [1.29, 1.82) is 0 Å². The van der Waals surface area contributed by atoms with Gasteiger partial charge in [0, 0.05) is 20.2 Å². The van der Waals surface area contributed by atoms with E-state index in [-0.39, 0.29) is 18.1 Å². The molecule has 1 unspecified atom stereocenters. The smallest absolute Gasteiger partial charge is 0.265 e. The minimum Gasteiger partial charge on any atom is -0.495 e. The average Bonchev–Trinajstić information content (AvgIpc) is 2.96. The lowest BCUT2D eigenvalue weighted by Gasteiger charge is -2.18. The van der Waals surface area contributed by atoms with Crippen molar-refractivity contribution in [3.8, 4) is 5.75 Å². The van der Waals surface area contributed by atoms with Crippen molar-refractivity contribution in [2.24, 2.45) is 0 Å². The molecule has 94 valence electrons. The van der Waals surface area contributed by atoms with Gasteiger partial charge in [-0.25, -0.2) is 0 Å². The van der Waals surface area contributed by atoms with Gasteiger partial charge in [-0.05, 0) is 11.4 Å². The lowest BCUT2D eigenvalue weighted by atomic mass is 10.2. The van der Waals surface area contributed by atoms with E-state index < -0.39 is 0 Å². The van der Waals surface area contributed by atoms with Gasteiger partial charge in [0.2, 0.25) is 0 Å². The van der Waals surface area contributed by atoms with E-state index in [1.807, 2.05) is 5.38 Å². The third-order valence-corrected chi connectivity index (χ3v) is 3.73. The first-order chi connectivity index (χ1) is 8.26. The molecule has 1 amide bonds. The van der Waals surface area contributed by atoms with Crippen LogP contribution < -0.4 is 15.4 Å². The number of rotatable bonds is 4. The van der Waals surface area contributed by atoms with Gasteiger partial charge in [-0.15, -0.1) is 11.3 Å². The molecule has 0 aromatic carbocycles. The van der Waals surface area contributed by atoms with E-state index >= 15 is 0 Å². The number of thiophene rings is 1. The van der Waals surface area contributed by atoms with Crippen LogP contribution in [-0.2, 0) is 4.74 Å². The number of amides is 1. The molecule has 1 aromatic rings. The van der Waals surface area contributed by atoms with Crippen molar-refractivity contribution >= 4 is 17.2 Å². The minimum atomic E-state index is -0.104. The normalized spacial score (nSPS) is 23.6. The molecule has 2 N–H and O–H groups in total. The topological polar surface area (TPSA) is 59.6 Å². The Balaban J connectivity index is 2.01. The van der Waals surface area contributed by atoms with Gasteiger partial charge in [0.05, 0.1) is 19.3 Å². The molecular weight excluding hydrogens is 240 g/mol. The lowest BCUT2D eigenvalue weighted by Crippen LogP contribution is -2.43. The van der Waals surface area contributed by atoms with E-state index in [0.29, 0.717) is 10.6 Å². The fraction of sp³-hybridized carbons (Fsp3) is 0.545. The summed E-state index contributed by atoms with van der Waals surface area (Å²) in [6, 6.07) is 1.81. The highest BCUT2D eigenvalue weighted by atomic mass is 32.1. The third-order valence-electron chi connectivity index (χ3n) is 2.83. The average molecular weight is 256 g/mol. The molecule has 1 saturated heterocycles. The zero-order valence-electron chi connectivity index (χ0n) is 9.86. The second kappa shape index (κ2) is 5.48. The quantitative estimate of drug-likeness (QED) is 0.822. The molecule has 0 spiro atoms. The van der Waals surface area contributed by atoms with Crippen molar-refractivity contribution in [3.63, 3.8) is 0 Å². The van der Waals surface area contributed by atoms with Crippen LogP contribution in [0.3, 0.4) is 0 Å². The van der Waals surface area contributed by atoms with E-state index in [2.05, 4.69) is 10.6 Å². The molecular formula is C11H16N2O3S. The Morgan fingerprint density at radius 3 is 3.06 bits per heavy atom. The maximum absolute atomic E-state index is 12.0. The fourth-order valence-corrected chi connectivity index (χ4v) is 2.67. The van der Waals surface area contributed by atoms with E-state index in [1.165, 1.54) is 11.3 Å². The van der Waals surface area contributed by atoms with Crippen molar-refractivity contribution in [1.82, 2.24) is 10.6 Å².